The van der Waals surface area contributed by atoms with Crippen molar-refractivity contribution in [3.8, 4) is 6.07 Å². The van der Waals surface area contributed by atoms with Crippen molar-refractivity contribution >= 4 is 5.97 Å². The van der Waals surface area contributed by atoms with Crippen molar-refractivity contribution in [3.05, 3.63) is 23.9 Å². The Morgan fingerprint density at radius 3 is 2.80 bits per heavy atom. The van der Waals surface area contributed by atoms with E-state index < -0.39 is 11.4 Å². The van der Waals surface area contributed by atoms with Gasteiger partial charge in [0.1, 0.15) is 5.41 Å². The van der Waals surface area contributed by atoms with Crippen LogP contribution in [0.3, 0.4) is 0 Å². The van der Waals surface area contributed by atoms with E-state index in [-0.39, 0.29) is 5.92 Å². The van der Waals surface area contributed by atoms with Crippen LogP contribution in [0.15, 0.2) is 23.9 Å². The highest BCUT2D eigenvalue weighted by Gasteiger charge is 2.45. The molecule has 1 rings (SSSR count). The summed E-state index contributed by atoms with van der Waals surface area (Å²) < 4.78 is 4.61. The van der Waals surface area contributed by atoms with Gasteiger partial charge in [-0.1, -0.05) is 6.08 Å². The van der Waals surface area contributed by atoms with E-state index in [1.807, 2.05) is 0 Å². The topological polar surface area (TPSA) is 76.1 Å². The maximum atomic E-state index is 11.4. The van der Waals surface area contributed by atoms with Crippen LogP contribution < -0.4 is 5.73 Å². The summed E-state index contributed by atoms with van der Waals surface area (Å²) in [6, 6.07) is 2.14. The van der Waals surface area contributed by atoms with E-state index in [0.29, 0.717) is 17.7 Å². The van der Waals surface area contributed by atoms with Gasteiger partial charge in [0.15, 0.2) is 0 Å². The summed E-state index contributed by atoms with van der Waals surface area (Å²) in [5, 5.41) is 9.11. The number of ether oxygens (including phenoxy) is 1. The van der Waals surface area contributed by atoms with E-state index in [1.165, 1.54) is 7.11 Å². The molecule has 4 heteroatoms. The lowest BCUT2D eigenvalue weighted by Gasteiger charge is -2.22. The molecule has 0 spiro atoms. The van der Waals surface area contributed by atoms with E-state index in [0.717, 1.165) is 0 Å². The minimum absolute atomic E-state index is 0.128. The van der Waals surface area contributed by atoms with Gasteiger partial charge in [0.25, 0.3) is 0 Å². The first kappa shape index (κ1) is 11.3. The second-order valence-corrected chi connectivity index (χ2v) is 3.74. The molecular weight excluding hydrogens is 192 g/mol. The maximum absolute atomic E-state index is 11.4. The van der Waals surface area contributed by atoms with Gasteiger partial charge in [0, 0.05) is 11.6 Å². The lowest BCUT2D eigenvalue weighted by Crippen LogP contribution is -2.26. The van der Waals surface area contributed by atoms with E-state index in [9.17, 15) is 4.79 Å². The van der Waals surface area contributed by atoms with Crippen molar-refractivity contribution in [2.75, 3.05) is 7.11 Å². The molecule has 4 nitrogen and oxygen atoms in total. The zero-order valence-corrected chi connectivity index (χ0v) is 8.91. The van der Waals surface area contributed by atoms with Gasteiger partial charge in [-0.15, -0.1) is 6.58 Å². The van der Waals surface area contributed by atoms with Gasteiger partial charge >= 0.3 is 5.97 Å². The van der Waals surface area contributed by atoms with Gasteiger partial charge in [-0.25, -0.2) is 4.79 Å². The van der Waals surface area contributed by atoms with Gasteiger partial charge in [-0.3, -0.25) is 0 Å². The minimum atomic E-state index is -0.842. The average Bonchev–Trinajstić information content (AvgIpc) is 2.52. The van der Waals surface area contributed by atoms with Crippen LogP contribution in [0.1, 0.15) is 13.3 Å². The second kappa shape index (κ2) is 3.77. The number of hydrogen-bond donors (Lipinski definition) is 1. The van der Waals surface area contributed by atoms with Gasteiger partial charge in [0.2, 0.25) is 0 Å². The summed E-state index contributed by atoms with van der Waals surface area (Å²) in [5.74, 6) is -0.588. The second-order valence-electron chi connectivity index (χ2n) is 3.74. The summed E-state index contributed by atoms with van der Waals surface area (Å²) in [6.07, 6.45) is 2.08. The van der Waals surface area contributed by atoms with Crippen molar-refractivity contribution in [2.24, 2.45) is 17.1 Å². The first-order chi connectivity index (χ1) is 7.01. The molecule has 0 fully saturated rings. The van der Waals surface area contributed by atoms with Crippen molar-refractivity contribution in [3.63, 3.8) is 0 Å². The van der Waals surface area contributed by atoms with E-state index in [2.05, 4.69) is 17.4 Å². The molecule has 0 radical (unpaired) electrons. The first-order valence-electron chi connectivity index (χ1n) is 4.62. The Morgan fingerprint density at radius 2 is 2.47 bits per heavy atom. The van der Waals surface area contributed by atoms with Gasteiger partial charge in [0.05, 0.1) is 18.8 Å². The molecule has 1 aliphatic carbocycles. The maximum Gasteiger partial charge on any atom is 0.335 e. The average molecular weight is 206 g/mol. The molecule has 0 saturated heterocycles. The summed E-state index contributed by atoms with van der Waals surface area (Å²) in [4.78, 5) is 11.4. The number of nitriles is 1. The Hall–Kier alpha value is -1.76. The molecule has 0 aromatic rings. The molecule has 0 heterocycles. The first-order valence-corrected chi connectivity index (χ1v) is 4.62. The Balaban J connectivity index is 3.19. The largest absolute Gasteiger partial charge is 0.466 e. The number of nitrogens with zero attached hydrogens (tertiary/aromatic N) is 1. The van der Waals surface area contributed by atoms with Gasteiger partial charge in [-0.2, -0.15) is 5.26 Å². The van der Waals surface area contributed by atoms with E-state index in [4.69, 9.17) is 11.0 Å². The standard InChI is InChI=1S/C11H14N2O2/c1-4-7-5-8(10(14)15-3)9(13)11(7,2)6-12/h4,7H,1,5,13H2,2-3H3/t7-,11+/m0/s1. The van der Waals surface area contributed by atoms with Crippen LogP contribution in [0.25, 0.3) is 0 Å². The Kier molecular flexibility index (Phi) is 2.85. The Morgan fingerprint density at radius 1 is 1.87 bits per heavy atom. The smallest absolute Gasteiger partial charge is 0.335 e. The molecular formula is C11H14N2O2. The number of carbonyl (C=O) groups is 1. The molecule has 15 heavy (non-hydrogen) atoms. The Labute approximate surface area is 89.0 Å². The third-order valence-electron chi connectivity index (χ3n) is 3.00. The Bertz CT molecular complexity index is 379. The van der Waals surface area contributed by atoms with Crippen LogP contribution in [0.4, 0.5) is 0 Å². The highest BCUT2D eigenvalue weighted by molar-refractivity contribution is 5.90. The molecule has 0 bridgehead atoms. The fraction of sp³-hybridized carbons (Fsp3) is 0.455. The van der Waals surface area contributed by atoms with Crippen LogP contribution in [0, 0.1) is 22.7 Å². The molecule has 0 aromatic heterocycles. The number of allylic oxidation sites excluding steroid dienone is 2. The third-order valence-corrected chi connectivity index (χ3v) is 3.00. The molecule has 0 saturated carbocycles. The quantitative estimate of drug-likeness (QED) is 0.542. The number of carbonyl (C=O) groups excluding carboxylic acids is 1. The summed E-state index contributed by atoms with van der Waals surface area (Å²) in [7, 11) is 1.30. The van der Waals surface area contributed by atoms with Crippen LogP contribution >= 0.6 is 0 Å². The highest BCUT2D eigenvalue weighted by Crippen LogP contribution is 2.45. The zero-order valence-electron chi connectivity index (χ0n) is 8.91. The van der Waals surface area contributed by atoms with Crippen LogP contribution in [0.2, 0.25) is 0 Å². The number of nitrogens with two attached hydrogens (primary N) is 1. The molecule has 0 aromatic carbocycles. The minimum Gasteiger partial charge on any atom is -0.466 e. The van der Waals surface area contributed by atoms with Crippen molar-refractivity contribution in [2.45, 2.75) is 13.3 Å². The predicted octanol–water partition coefficient (Wildman–Crippen LogP) is 1.11. The summed E-state index contributed by atoms with van der Waals surface area (Å²) in [6.45, 7) is 5.37. The molecule has 1 aliphatic rings. The number of methoxy groups -OCH3 is 1. The normalized spacial score (nSPS) is 29.8. The fourth-order valence-electron chi connectivity index (χ4n) is 1.83. The molecule has 0 aliphatic heterocycles. The third kappa shape index (κ3) is 1.50. The molecule has 2 atom stereocenters. The van der Waals surface area contributed by atoms with Crippen LogP contribution in [-0.2, 0) is 9.53 Å². The van der Waals surface area contributed by atoms with Gasteiger partial charge < -0.3 is 10.5 Å². The predicted molar refractivity (Wildman–Crippen MR) is 55.3 cm³/mol. The van der Waals surface area contributed by atoms with Crippen LogP contribution in [0.5, 0.6) is 0 Å². The van der Waals surface area contributed by atoms with Crippen LogP contribution in [-0.4, -0.2) is 13.1 Å². The molecule has 80 valence electrons. The summed E-state index contributed by atoms with van der Waals surface area (Å²) in [5.41, 5.74) is 5.68. The van der Waals surface area contributed by atoms with Crippen molar-refractivity contribution < 1.29 is 9.53 Å². The number of rotatable bonds is 2. The van der Waals surface area contributed by atoms with Crippen molar-refractivity contribution in [1.29, 1.82) is 5.26 Å². The molecule has 0 amide bonds. The number of hydrogen-bond acceptors (Lipinski definition) is 4. The summed E-state index contributed by atoms with van der Waals surface area (Å²) >= 11 is 0. The van der Waals surface area contributed by atoms with Gasteiger partial charge in [-0.05, 0) is 13.3 Å². The lowest BCUT2D eigenvalue weighted by molar-refractivity contribution is -0.136. The lowest BCUT2D eigenvalue weighted by atomic mass is 9.80. The number of esters is 1. The zero-order chi connectivity index (χ0) is 11.6. The highest BCUT2D eigenvalue weighted by atomic mass is 16.5. The molecule has 2 N–H and O–H groups in total. The molecule has 0 unspecified atom stereocenters. The fourth-order valence-corrected chi connectivity index (χ4v) is 1.83. The van der Waals surface area contributed by atoms with E-state index in [1.54, 1.807) is 13.0 Å². The van der Waals surface area contributed by atoms with E-state index >= 15 is 0 Å². The SMILES string of the molecule is C=C[C@H]1CC(C(=O)OC)=C(N)[C@]1(C)C#N. The van der Waals surface area contributed by atoms with Crippen molar-refractivity contribution in [1.82, 2.24) is 0 Å². The monoisotopic (exact) mass is 206 g/mol.